The zero-order valence-corrected chi connectivity index (χ0v) is 17.6. The van der Waals surface area contributed by atoms with Crippen LogP contribution >= 0.6 is 0 Å². The normalized spacial score (nSPS) is 23.5. The first kappa shape index (κ1) is 19.9. The number of amides is 2. The van der Waals surface area contributed by atoms with Crippen LogP contribution in [0.25, 0.3) is 0 Å². The van der Waals surface area contributed by atoms with Gasteiger partial charge in [0.05, 0.1) is 5.71 Å². The standard InChI is InChI=1S/C25H28N4O2/c30-23(12-15-29-13-10-18(11-14-29)17-4-2-1-3-5-17)26-20-8-6-19(7-9-20)24-21-16-22(21)25(31)28-27-24/h1-9,18,21-22H,10-16H2,(H,26,30)(H,28,31). The van der Waals surface area contributed by atoms with Crippen LogP contribution in [0.5, 0.6) is 0 Å². The number of nitrogens with one attached hydrogen (secondary N) is 2. The summed E-state index contributed by atoms with van der Waals surface area (Å²) in [6, 6.07) is 18.5. The van der Waals surface area contributed by atoms with Gasteiger partial charge in [-0.05, 0) is 61.5 Å². The van der Waals surface area contributed by atoms with Crippen LogP contribution in [-0.2, 0) is 9.59 Å². The van der Waals surface area contributed by atoms with Crippen molar-refractivity contribution in [1.82, 2.24) is 10.3 Å². The summed E-state index contributed by atoms with van der Waals surface area (Å²) in [6.45, 7) is 2.88. The summed E-state index contributed by atoms with van der Waals surface area (Å²) in [5.74, 6) is 1.05. The van der Waals surface area contributed by atoms with E-state index in [4.69, 9.17) is 0 Å². The zero-order chi connectivity index (χ0) is 21.2. The Kier molecular flexibility index (Phi) is 5.55. The van der Waals surface area contributed by atoms with E-state index in [-0.39, 0.29) is 23.7 Å². The molecule has 2 fully saturated rings. The van der Waals surface area contributed by atoms with Gasteiger partial charge >= 0.3 is 0 Å². The zero-order valence-electron chi connectivity index (χ0n) is 17.6. The lowest BCUT2D eigenvalue weighted by Crippen LogP contribution is -2.35. The van der Waals surface area contributed by atoms with Crippen molar-refractivity contribution in [3.05, 3.63) is 65.7 Å². The van der Waals surface area contributed by atoms with Crippen molar-refractivity contribution in [1.29, 1.82) is 0 Å². The molecule has 6 heteroatoms. The molecule has 5 rings (SSSR count). The Bertz CT molecular complexity index is 978. The molecule has 1 aliphatic carbocycles. The lowest BCUT2D eigenvalue weighted by molar-refractivity contribution is -0.122. The Balaban J connectivity index is 1.07. The van der Waals surface area contributed by atoms with Gasteiger partial charge in [-0.25, -0.2) is 5.43 Å². The number of hydrogen-bond acceptors (Lipinski definition) is 4. The summed E-state index contributed by atoms with van der Waals surface area (Å²) >= 11 is 0. The molecule has 0 spiro atoms. The molecule has 2 unspecified atom stereocenters. The van der Waals surface area contributed by atoms with E-state index in [1.165, 1.54) is 5.56 Å². The topological polar surface area (TPSA) is 73.8 Å². The van der Waals surface area contributed by atoms with Gasteiger partial charge in [-0.15, -0.1) is 0 Å². The van der Waals surface area contributed by atoms with Gasteiger partial charge in [0.2, 0.25) is 11.8 Å². The molecule has 2 atom stereocenters. The molecule has 1 saturated carbocycles. The van der Waals surface area contributed by atoms with Crippen molar-refractivity contribution < 1.29 is 9.59 Å². The first-order valence-corrected chi connectivity index (χ1v) is 11.2. The largest absolute Gasteiger partial charge is 0.326 e. The molecule has 2 aromatic carbocycles. The number of carbonyl (C=O) groups is 2. The number of carbonyl (C=O) groups excluding carboxylic acids is 2. The monoisotopic (exact) mass is 416 g/mol. The van der Waals surface area contributed by atoms with E-state index < -0.39 is 0 Å². The number of benzene rings is 2. The maximum absolute atomic E-state index is 12.4. The molecule has 160 valence electrons. The quantitative estimate of drug-likeness (QED) is 0.758. The Morgan fingerprint density at radius 3 is 2.52 bits per heavy atom. The molecule has 0 aromatic heterocycles. The Morgan fingerprint density at radius 2 is 1.77 bits per heavy atom. The van der Waals surface area contributed by atoms with Gasteiger partial charge in [-0.1, -0.05) is 42.5 Å². The van der Waals surface area contributed by atoms with E-state index in [0.717, 1.165) is 55.9 Å². The minimum Gasteiger partial charge on any atom is -0.326 e. The van der Waals surface area contributed by atoms with E-state index in [2.05, 4.69) is 51.1 Å². The van der Waals surface area contributed by atoms with E-state index in [9.17, 15) is 9.59 Å². The third-order valence-electron chi connectivity index (χ3n) is 6.74. The van der Waals surface area contributed by atoms with Gasteiger partial charge in [-0.2, -0.15) is 5.10 Å². The van der Waals surface area contributed by atoms with Crippen LogP contribution in [0.4, 0.5) is 5.69 Å². The molecule has 2 N–H and O–H groups in total. The second kappa shape index (κ2) is 8.63. The number of anilines is 1. The van der Waals surface area contributed by atoms with Gasteiger partial charge in [0.15, 0.2) is 0 Å². The molecule has 31 heavy (non-hydrogen) atoms. The van der Waals surface area contributed by atoms with Crippen molar-refractivity contribution >= 4 is 23.2 Å². The Hall–Kier alpha value is -2.99. The van der Waals surface area contributed by atoms with Crippen molar-refractivity contribution in [2.75, 3.05) is 25.0 Å². The smallest absolute Gasteiger partial charge is 0.243 e. The molecule has 2 aliphatic heterocycles. The molecule has 2 aromatic rings. The van der Waals surface area contributed by atoms with Gasteiger partial charge in [-0.3, -0.25) is 9.59 Å². The van der Waals surface area contributed by atoms with Crippen molar-refractivity contribution in [3.63, 3.8) is 0 Å². The molecule has 2 heterocycles. The first-order chi connectivity index (χ1) is 15.2. The number of likely N-dealkylation sites (tertiary alicyclic amines) is 1. The third kappa shape index (κ3) is 4.54. The SMILES string of the molecule is O=C(CCN1CCC(c2ccccc2)CC1)Nc1ccc(C2=NNC(=O)C3CC23)cc1. The second-order valence-corrected chi connectivity index (χ2v) is 8.82. The fraction of sp³-hybridized carbons (Fsp3) is 0.400. The van der Waals surface area contributed by atoms with Crippen LogP contribution in [0.1, 0.15) is 42.7 Å². The minimum atomic E-state index is 0.0296. The summed E-state index contributed by atoms with van der Waals surface area (Å²) < 4.78 is 0. The second-order valence-electron chi connectivity index (χ2n) is 8.82. The highest BCUT2D eigenvalue weighted by Gasteiger charge is 2.49. The molecular weight excluding hydrogens is 388 g/mol. The van der Waals surface area contributed by atoms with Crippen LogP contribution in [0, 0.1) is 11.8 Å². The Morgan fingerprint density at radius 1 is 1.03 bits per heavy atom. The van der Waals surface area contributed by atoms with Crippen LogP contribution in [0.2, 0.25) is 0 Å². The number of hydrazone groups is 1. The highest BCUT2D eigenvalue weighted by molar-refractivity contribution is 6.09. The summed E-state index contributed by atoms with van der Waals surface area (Å²) in [5.41, 5.74) is 6.78. The maximum Gasteiger partial charge on any atom is 0.243 e. The van der Waals surface area contributed by atoms with E-state index in [1.54, 1.807) is 0 Å². The maximum atomic E-state index is 12.4. The Labute approximate surface area is 182 Å². The molecule has 3 aliphatic rings. The number of rotatable bonds is 6. The van der Waals surface area contributed by atoms with Crippen molar-refractivity contribution in [2.45, 2.75) is 31.6 Å². The van der Waals surface area contributed by atoms with E-state index in [1.807, 2.05) is 24.3 Å². The lowest BCUT2D eigenvalue weighted by Gasteiger charge is -2.32. The molecular formula is C25H28N4O2. The summed E-state index contributed by atoms with van der Waals surface area (Å²) in [4.78, 5) is 26.4. The lowest BCUT2D eigenvalue weighted by atomic mass is 9.89. The fourth-order valence-electron chi connectivity index (χ4n) is 4.77. The average molecular weight is 417 g/mol. The highest BCUT2D eigenvalue weighted by atomic mass is 16.2. The number of hydrogen-bond donors (Lipinski definition) is 2. The third-order valence-corrected chi connectivity index (χ3v) is 6.74. The summed E-state index contributed by atoms with van der Waals surface area (Å²) in [7, 11) is 0. The van der Waals surface area contributed by atoms with Crippen molar-refractivity contribution in [2.24, 2.45) is 16.9 Å². The van der Waals surface area contributed by atoms with Crippen LogP contribution in [-0.4, -0.2) is 42.1 Å². The number of piperidine rings is 1. The van der Waals surface area contributed by atoms with Gasteiger partial charge in [0, 0.05) is 30.5 Å². The fourth-order valence-corrected chi connectivity index (χ4v) is 4.77. The molecule has 2 amide bonds. The van der Waals surface area contributed by atoms with E-state index >= 15 is 0 Å². The van der Waals surface area contributed by atoms with Crippen molar-refractivity contribution in [3.8, 4) is 0 Å². The summed E-state index contributed by atoms with van der Waals surface area (Å²) in [5, 5.41) is 7.22. The predicted molar refractivity (Wildman–Crippen MR) is 121 cm³/mol. The molecule has 0 bridgehead atoms. The molecule has 0 radical (unpaired) electrons. The van der Waals surface area contributed by atoms with Gasteiger partial charge in [0.1, 0.15) is 0 Å². The number of fused-ring (bicyclic) bond motifs is 1. The highest BCUT2D eigenvalue weighted by Crippen LogP contribution is 2.43. The van der Waals surface area contributed by atoms with Crippen LogP contribution in [0.3, 0.4) is 0 Å². The summed E-state index contributed by atoms with van der Waals surface area (Å²) in [6.07, 6.45) is 3.69. The minimum absolute atomic E-state index is 0.0296. The first-order valence-electron chi connectivity index (χ1n) is 11.2. The number of nitrogens with zero attached hydrogens (tertiary/aromatic N) is 2. The van der Waals surface area contributed by atoms with Crippen LogP contribution < -0.4 is 10.7 Å². The van der Waals surface area contributed by atoms with Gasteiger partial charge < -0.3 is 10.2 Å². The van der Waals surface area contributed by atoms with E-state index in [0.29, 0.717) is 12.3 Å². The molecule has 6 nitrogen and oxygen atoms in total. The molecule has 1 saturated heterocycles. The van der Waals surface area contributed by atoms with Crippen LogP contribution in [0.15, 0.2) is 59.7 Å². The van der Waals surface area contributed by atoms with Gasteiger partial charge in [0.25, 0.3) is 0 Å². The predicted octanol–water partition coefficient (Wildman–Crippen LogP) is 3.36. The average Bonchev–Trinajstić information content (AvgIpc) is 3.62.